The number of sulfonamides is 1. The molecular formula is C19H32N3O3S+. The van der Waals surface area contributed by atoms with Gasteiger partial charge in [0.25, 0.3) is 5.91 Å². The maximum Gasteiger partial charge on any atom is 0.278 e. The predicted molar refractivity (Wildman–Crippen MR) is 103 cm³/mol. The van der Waals surface area contributed by atoms with E-state index in [0.29, 0.717) is 31.1 Å². The van der Waals surface area contributed by atoms with Gasteiger partial charge in [0.1, 0.15) is 0 Å². The molecule has 2 rings (SSSR count). The topological polar surface area (TPSA) is 70.9 Å². The van der Waals surface area contributed by atoms with Crippen molar-refractivity contribution in [2.75, 3.05) is 26.2 Å². The molecule has 0 radical (unpaired) electrons. The first-order valence-corrected chi connectivity index (χ1v) is 10.6. The number of benzene rings is 1. The summed E-state index contributed by atoms with van der Waals surface area (Å²) >= 11 is 0. The normalized spacial score (nSPS) is 18.5. The maximum absolute atomic E-state index is 13.0. The summed E-state index contributed by atoms with van der Waals surface area (Å²) < 4.78 is 27.5. The molecule has 2 N–H and O–H groups in total. The number of carbonyl (C=O) groups excluding carboxylic acids is 1. The van der Waals surface area contributed by atoms with E-state index in [0.717, 1.165) is 16.0 Å². The van der Waals surface area contributed by atoms with Crippen LogP contribution in [0.25, 0.3) is 0 Å². The van der Waals surface area contributed by atoms with Crippen molar-refractivity contribution in [1.29, 1.82) is 0 Å². The van der Waals surface area contributed by atoms with Gasteiger partial charge < -0.3 is 10.2 Å². The van der Waals surface area contributed by atoms with Crippen LogP contribution < -0.4 is 10.2 Å². The van der Waals surface area contributed by atoms with Crippen molar-refractivity contribution in [1.82, 2.24) is 9.62 Å². The van der Waals surface area contributed by atoms with Gasteiger partial charge in [-0.1, -0.05) is 12.1 Å². The van der Waals surface area contributed by atoms with E-state index in [1.54, 1.807) is 10.4 Å². The molecule has 0 aliphatic carbocycles. The molecule has 1 aromatic carbocycles. The van der Waals surface area contributed by atoms with Gasteiger partial charge in [-0.25, -0.2) is 8.42 Å². The van der Waals surface area contributed by atoms with E-state index in [1.165, 1.54) is 0 Å². The van der Waals surface area contributed by atoms with Crippen LogP contribution in [0.2, 0.25) is 0 Å². The third kappa shape index (κ3) is 4.84. The van der Waals surface area contributed by atoms with Gasteiger partial charge in [-0.05, 0) is 58.7 Å². The number of rotatable bonds is 4. The summed E-state index contributed by atoms with van der Waals surface area (Å²) in [6.07, 6.45) is 0. The summed E-state index contributed by atoms with van der Waals surface area (Å²) in [4.78, 5) is 13.9. The highest BCUT2D eigenvalue weighted by molar-refractivity contribution is 7.89. The van der Waals surface area contributed by atoms with Gasteiger partial charge >= 0.3 is 0 Å². The van der Waals surface area contributed by atoms with E-state index in [1.807, 2.05) is 53.7 Å². The lowest BCUT2D eigenvalue weighted by Gasteiger charge is -2.35. The highest BCUT2D eigenvalue weighted by Crippen LogP contribution is 2.21. The van der Waals surface area contributed by atoms with Gasteiger partial charge in [0.2, 0.25) is 10.0 Å². The summed E-state index contributed by atoms with van der Waals surface area (Å²) in [5.41, 5.74) is 1.44. The molecule has 146 valence electrons. The number of hydrogen-bond acceptors (Lipinski definition) is 3. The molecular weight excluding hydrogens is 350 g/mol. The van der Waals surface area contributed by atoms with Crippen LogP contribution in [0, 0.1) is 13.8 Å². The Hall–Kier alpha value is -1.44. The molecule has 7 heteroatoms. The molecule has 1 atom stereocenters. The summed E-state index contributed by atoms with van der Waals surface area (Å²) in [6, 6.07) is 5.32. The minimum absolute atomic E-state index is 0.0123. The Kier molecular flexibility index (Phi) is 6.15. The van der Waals surface area contributed by atoms with Crippen LogP contribution in [0.1, 0.15) is 38.8 Å². The lowest BCUT2D eigenvalue weighted by Crippen LogP contribution is -3.19. The van der Waals surface area contributed by atoms with Crippen LogP contribution in [-0.4, -0.2) is 56.4 Å². The van der Waals surface area contributed by atoms with Gasteiger partial charge in [0, 0.05) is 5.54 Å². The summed E-state index contributed by atoms with van der Waals surface area (Å²) in [7, 11) is -3.49. The molecule has 1 aliphatic rings. The van der Waals surface area contributed by atoms with Gasteiger partial charge in [-0.2, -0.15) is 4.31 Å². The third-order valence-electron chi connectivity index (χ3n) is 4.83. The Bertz CT molecular complexity index is 761. The molecule has 1 aliphatic heterocycles. The van der Waals surface area contributed by atoms with Crippen LogP contribution in [-0.2, 0) is 14.8 Å². The molecule has 1 amide bonds. The second-order valence-electron chi connectivity index (χ2n) is 8.29. The zero-order chi connectivity index (χ0) is 19.7. The fourth-order valence-corrected chi connectivity index (χ4v) is 4.99. The second-order valence-corrected chi connectivity index (χ2v) is 10.2. The molecule has 26 heavy (non-hydrogen) atoms. The largest absolute Gasteiger partial charge is 0.346 e. The van der Waals surface area contributed by atoms with Gasteiger partial charge in [0.05, 0.1) is 31.1 Å². The first-order valence-electron chi connectivity index (χ1n) is 9.16. The van der Waals surface area contributed by atoms with Crippen LogP contribution in [0.4, 0.5) is 0 Å². The highest BCUT2D eigenvalue weighted by atomic mass is 32.2. The molecule has 6 nitrogen and oxygen atoms in total. The third-order valence-corrected chi connectivity index (χ3v) is 6.87. The molecule has 0 aromatic heterocycles. The van der Waals surface area contributed by atoms with Gasteiger partial charge in [-0.3, -0.25) is 4.79 Å². The van der Waals surface area contributed by atoms with Crippen molar-refractivity contribution < 1.29 is 18.1 Å². The fourth-order valence-electron chi connectivity index (χ4n) is 3.23. The quantitative estimate of drug-likeness (QED) is 0.797. The molecule has 0 unspecified atom stereocenters. The van der Waals surface area contributed by atoms with Crippen LogP contribution in [0.15, 0.2) is 23.1 Å². The van der Waals surface area contributed by atoms with E-state index in [-0.39, 0.29) is 17.5 Å². The molecule has 1 aromatic rings. The number of amides is 1. The number of carbonyl (C=O) groups is 1. The number of nitrogens with zero attached hydrogens (tertiary/aromatic N) is 1. The predicted octanol–water partition coefficient (Wildman–Crippen LogP) is 0.496. The van der Waals surface area contributed by atoms with Crippen molar-refractivity contribution in [3.63, 3.8) is 0 Å². The zero-order valence-electron chi connectivity index (χ0n) is 16.7. The Balaban J connectivity index is 2.06. The SMILES string of the molecule is Cc1ccc(C)c(S(=O)(=O)N2CC[NH+]([C@H](C)C(=O)NC(C)(C)C)CC2)c1. The van der Waals surface area contributed by atoms with E-state index in [2.05, 4.69) is 5.32 Å². The minimum Gasteiger partial charge on any atom is -0.346 e. The maximum atomic E-state index is 13.0. The minimum atomic E-state index is -3.49. The van der Waals surface area contributed by atoms with Crippen LogP contribution in [0.5, 0.6) is 0 Å². The lowest BCUT2D eigenvalue weighted by molar-refractivity contribution is -0.917. The van der Waals surface area contributed by atoms with Crippen LogP contribution in [0.3, 0.4) is 0 Å². The summed E-state index contributed by atoms with van der Waals surface area (Å²) in [5, 5.41) is 3.01. The molecule has 0 saturated carbocycles. The van der Waals surface area contributed by atoms with Crippen molar-refractivity contribution in [3.8, 4) is 0 Å². The molecule has 1 fully saturated rings. The smallest absolute Gasteiger partial charge is 0.278 e. The van der Waals surface area contributed by atoms with Crippen molar-refractivity contribution in [2.24, 2.45) is 0 Å². The number of hydrogen-bond donors (Lipinski definition) is 2. The van der Waals surface area contributed by atoms with E-state index in [9.17, 15) is 13.2 Å². The Labute approximate surface area is 157 Å². The highest BCUT2D eigenvalue weighted by Gasteiger charge is 2.35. The fraction of sp³-hybridized carbons (Fsp3) is 0.632. The monoisotopic (exact) mass is 382 g/mol. The number of quaternary nitrogens is 1. The standard InChI is InChI=1S/C19H31N3O3S/c1-14-7-8-15(2)17(13-14)26(24,25)22-11-9-21(10-12-22)16(3)18(23)20-19(4,5)6/h7-8,13,16H,9-12H2,1-6H3,(H,20,23)/p+1/t16-/m1/s1. The Morgan fingerprint density at radius 1 is 1.19 bits per heavy atom. The zero-order valence-corrected chi connectivity index (χ0v) is 17.5. The Morgan fingerprint density at radius 3 is 2.31 bits per heavy atom. The van der Waals surface area contributed by atoms with E-state index < -0.39 is 10.0 Å². The van der Waals surface area contributed by atoms with E-state index in [4.69, 9.17) is 0 Å². The van der Waals surface area contributed by atoms with Gasteiger partial charge in [-0.15, -0.1) is 0 Å². The van der Waals surface area contributed by atoms with Crippen LogP contribution >= 0.6 is 0 Å². The molecule has 1 saturated heterocycles. The van der Waals surface area contributed by atoms with Crippen molar-refractivity contribution >= 4 is 15.9 Å². The average molecular weight is 383 g/mol. The molecule has 0 spiro atoms. The summed E-state index contributed by atoms with van der Waals surface area (Å²) in [5.74, 6) is 0.0123. The van der Waals surface area contributed by atoms with Gasteiger partial charge in [0.15, 0.2) is 6.04 Å². The first kappa shape index (κ1) is 20.9. The first-order chi connectivity index (χ1) is 11.9. The second kappa shape index (κ2) is 7.66. The molecule has 1 heterocycles. The summed E-state index contributed by atoms with van der Waals surface area (Å²) in [6.45, 7) is 13.6. The van der Waals surface area contributed by atoms with E-state index >= 15 is 0 Å². The lowest BCUT2D eigenvalue weighted by atomic mass is 10.1. The number of aryl methyl sites for hydroxylation is 2. The number of piperazine rings is 1. The van der Waals surface area contributed by atoms with Crippen molar-refractivity contribution in [3.05, 3.63) is 29.3 Å². The van der Waals surface area contributed by atoms with Crippen molar-refractivity contribution in [2.45, 2.75) is 58.0 Å². The molecule has 0 bridgehead atoms. The Morgan fingerprint density at radius 2 is 1.77 bits per heavy atom. The number of nitrogens with one attached hydrogen (secondary N) is 2. The average Bonchev–Trinajstić information content (AvgIpc) is 2.54.